The standard InChI is InChI=1S/C18H36O4S.C3H10N2/c1-2-3-4-5-6-7-8-9-10-11-12-13-14-15-16-17-18-22-23(19,20)21;4-2-1-3-5/h9-10H,2-8,11-18H2,1H3,(H,19,20,21);1-5H2/b10-9-;. The molecule has 0 heterocycles. The molecule has 0 aromatic rings. The van der Waals surface area contributed by atoms with Gasteiger partial charge in [0, 0.05) is 0 Å². The molecule has 0 saturated carbocycles. The summed E-state index contributed by atoms with van der Waals surface area (Å²) < 4.78 is 33.3. The van der Waals surface area contributed by atoms with Gasteiger partial charge in [-0.1, -0.05) is 76.9 Å². The maximum atomic E-state index is 10.3. The number of nitrogens with two attached hydrogens (primary N) is 2. The van der Waals surface area contributed by atoms with Gasteiger partial charge in [0.15, 0.2) is 0 Å². The van der Waals surface area contributed by atoms with E-state index in [-0.39, 0.29) is 6.61 Å². The molecule has 0 atom stereocenters. The van der Waals surface area contributed by atoms with Gasteiger partial charge in [-0.3, -0.25) is 4.55 Å². The van der Waals surface area contributed by atoms with Crippen molar-refractivity contribution >= 4 is 10.4 Å². The van der Waals surface area contributed by atoms with E-state index in [4.69, 9.17) is 16.0 Å². The summed E-state index contributed by atoms with van der Waals surface area (Å²) in [7, 11) is -4.25. The molecule has 0 aromatic heterocycles. The van der Waals surface area contributed by atoms with E-state index in [2.05, 4.69) is 23.3 Å². The Morgan fingerprint density at radius 2 is 1.14 bits per heavy atom. The molecule has 0 rings (SSSR count). The average Bonchev–Trinajstić information content (AvgIpc) is 2.64. The van der Waals surface area contributed by atoms with E-state index < -0.39 is 10.4 Å². The van der Waals surface area contributed by atoms with E-state index in [9.17, 15) is 8.42 Å². The summed E-state index contributed by atoms with van der Waals surface area (Å²) in [6.07, 6.45) is 22.5. The number of rotatable bonds is 19. The van der Waals surface area contributed by atoms with Gasteiger partial charge in [-0.15, -0.1) is 0 Å². The molecule has 5 N–H and O–H groups in total. The van der Waals surface area contributed by atoms with Crippen molar-refractivity contribution in [1.29, 1.82) is 0 Å². The Morgan fingerprint density at radius 3 is 1.54 bits per heavy atom. The van der Waals surface area contributed by atoms with Gasteiger partial charge < -0.3 is 11.5 Å². The largest absolute Gasteiger partial charge is 0.397 e. The Morgan fingerprint density at radius 1 is 0.714 bits per heavy atom. The fraction of sp³-hybridized carbons (Fsp3) is 0.905. The molecule has 7 heteroatoms. The molecule has 6 nitrogen and oxygen atoms in total. The average molecular weight is 423 g/mol. The molecule has 0 amide bonds. The van der Waals surface area contributed by atoms with E-state index in [0.717, 1.165) is 32.4 Å². The summed E-state index contributed by atoms with van der Waals surface area (Å²) in [5.74, 6) is 0. The molecule has 0 unspecified atom stereocenters. The summed E-state index contributed by atoms with van der Waals surface area (Å²) in [5, 5.41) is 0. The fourth-order valence-corrected chi connectivity index (χ4v) is 2.96. The first-order valence-electron chi connectivity index (χ1n) is 11.1. The third-order valence-electron chi connectivity index (χ3n) is 4.30. The monoisotopic (exact) mass is 422 g/mol. The second-order valence-corrected chi connectivity index (χ2v) is 8.21. The number of hydrogen-bond acceptors (Lipinski definition) is 5. The summed E-state index contributed by atoms with van der Waals surface area (Å²) in [6, 6.07) is 0. The molecular weight excluding hydrogens is 376 g/mol. The smallest absolute Gasteiger partial charge is 0.330 e. The summed E-state index contributed by atoms with van der Waals surface area (Å²) in [5.41, 5.74) is 10.1. The minimum absolute atomic E-state index is 0.0833. The molecule has 170 valence electrons. The van der Waals surface area contributed by atoms with Crippen LogP contribution in [0.2, 0.25) is 0 Å². The Kier molecular flexibility index (Phi) is 26.1. The van der Waals surface area contributed by atoms with Crippen LogP contribution in [-0.2, 0) is 14.6 Å². The van der Waals surface area contributed by atoms with Crippen LogP contribution < -0.4 is 11.5 Å². The molecule has 0 aliphatic heterocycles. The van der Waals surface area contributed by atoms with E-state index >= 15 is 0 Å². The van der Waals surface area contributed by atoms with Crippen LogP contribution in [0.4, 0.5) is 0 Å². The minimum Gasteiger partial charge on any atom is -0.330 e. The third-order valence-corrected chi connectivity index (χ3v) is 4.76. The summed E-state index contributed by atoms with van der Waals surface area (Å²) in [4.78, 5) is 0. The quantitative estimate of drug-likeness (QED) is 0.151. The maximum absolute atomic E-state index is 10.3. The van der Waals surface area contributed by atoms with Crippen molar-refractivity contribution in [3.63, 3.8) is 0 Å². The van der Waals surface area contributed by atoms with Gasteiger partial charge in [0.05, 0.1) is 6.61 Å². The molecule has 0 aromatic carbocycles. The van der Waals surface area contributed by atoms with Gasteiger partial charge in [0.1, 0.15) is 0 Å². The van der Waals surface area contributed by atoms with Crippen LogP contribution in [0.15, 0.2) is 12.2 Å². The van der Waals surface area contributed by atoms with E-state index in [0.29, 0.717) is 6.42 Å². The SMILES string of the molecule is CCCCCCCC/C=C\CCCCCCCCOS(=O)(=O)O.NCCCN. The highest BCUT2D eigenvalue weighted by molar-refractivity contribution is 7.80. The highest BCUT2D eigenvalue weighted by Crippen LogP contribution is 2.10. The topological polar surface area (TPSA) is 116 Å². The zero-order chi connectivity index (χ0) is 21.3. The Hall–Kier alpha value is -0.470. The zero-order valence-corrected chi connectivity index (χ0v) is 18.9. The molecular formula is C21H46N2O4S. The number of unbranched alkanes of at least 4 members (excludes halogenated alkanes) is 12. The third kappa shape index (κ3) is 33.1. The lowest BCUT2D eigenvalue weighted by molar-refractivity contribution is 0.261. The lowest BCUT2D eigenvalue weighted by atomic mass is 10.1. The van der Waals surface area contributed by atoms with Crippen molar-refractivity contribution < 1.29 is 17.2 Å². The molecule has 0 spiro atoms. The minimum atomic E-state index is -4.25. The van der Waals surface area contributed by atoms with Crippen LogP contribution in [0.25, 0.3) is 0 Å². The van der Waals surface area contributed by atoms with Gasteiger partial charge in [-0.25, -0.2) is 4.18 Å². The van der Waals surface area contributed by atoms with Crippen molar-refractivity contribution in [3.8, 4) is 0 Å². The second kappa shape index (κ2) is 24.6. The molecule has 0 fully saturated rings. The first-order valence-corrected chi connectivity index (χ1v) is 12.5. The highest BCUT2D eigenvalue weighted by atomic mass is 32.3. The van der Waals surface area contributed by atoms with Gasteiger partial charge in [-0.05, 0) is 51.6 Å². The predicted octanol–water partition coefficient (Wildman–Crippen LogP) is 5.14. The Balaban J connectivity index is 0. The van der Waals surface area contributed by atoms with E-state index in [1.807, 2.05) is 0 Å². The van der Waals surface area contributed by atoms with Crippen molar-refractivity contribution in [2.45, 2.75) is 103 Å². The van der Waals surface area contributed by atoms with Crippen molar-refractivity contribution in [2.24, 2.45) is 11.5 Å². The number of hydrogen-bond donors (Lipinski definition) is 3. The number of allylic oxidation sites excluding steroid dienone is 2. The van der Waals surface area contributed by atoms with Crippen LogP contribution in [0.1, 0.15) is 103 Å². The van der Waals surface area contributed by atoms with Gasteiger partial charge in [0.25, 0.3) is 0 Å². The predicted molar refractivity (Wildman–Crippen MR) is 120 cm³/mol. The molecule has 0 bridgehead atoms. The van der Waals surface area contributed by atoms with Gasteiger partial charge >= 0.3 is 10.4 Å². The first-order chi connectivity index (χ1) is 13.5. The van der Waals surface area contributed by atoms with Crippen LogP contribution in [0.5, 0.6) is 0 Å². The van der Waals surface area contributed by atoms with Crippen LogP contribution in [-0.4, -0.2) is 32.7 Å². The molecule has 0 saturated heterocycles. The zero-order valence-electron chi connectivity index (χ0n) is 18.1. The fourth-order valence-electron chi connectivity index (χ4n) is 2.63. The van der Waals surface area contributed by atoms with Crippen LogP contribution in [0, 0.1) is 0 Å². The molecule has 0 radical (unpaired) electrons. The van der Waals surface area contributed by atoms with Crippen LogP contribution in [0.3, 0.4) is 0 Å². The Labute approximate surface area is 174 Å². The van der Waals surface area contributed by atoms with E-state index in [1.165, 1.54) is 70.6 Å². The molecule has 0 aliphatic carbocycles. The molecule has 28 heavy (non-hydrogen) atoms. The first kappa shape index (κ1) is 29.7. The lowest BCUT2D eigenvalue weighted by Gasteiger charge is -2.01. The maximum Gasteiger partial charge on any atom is 0.397 e. The van der Waals surface area contributed by atoms with Gasteiger partial charge in [-0.2, -0.15) is 8.42 Å². The van der Waals surface area contributed by atoms with Crippen molar-refractivity contribution in [3.05, 3.63) is 12.2 Å². The van der Waals surface area contributed by atoms with Gasteiger partial charge in [0.2, 0.25) is 0 Å². The lowest BCUT2D eigenvalue weighted by Crippen LogP contribution is -2.06. The second-order valence-electron chi connectivity index (χ2n) is 7.12. The summed E-state index contributed by atoms with van der Waals surface area (Å²) >= 11 is 0. The normalized spacial score (nSPS) is 11.6. The van der Waals surface area contributed by atoms with Crippen LogP contribution >= 0.6 is 0 Å². The van der Waals surface area contributed by atoms with Crippen molar-refractivity contribution in [1.82, 2.24) is 0 Å². The highest BCUT2D eigenvalue weighted by Gasteiger charge is 2.02. The molecule has 0 aliphatic rings. The van der Waals surface area contributed by atoms with E-state index in [1.54, 1.807) is 0 Å². The summed E-state index contributed by atoms with van der Waals surface area (Å²) in [6.45, 7) is 3.77. The van der Waals surface area contributed by atoms with Crippen molar-refractivity contribution in [2.75, 3.05) is 19.7 Å². The Bertz CT molecular complexity index is 413.